The lowest BCUT2D eigenvalue weighted by atomic mass is 9.12. The first-order valence-corrected chi connectivity index (χ1v) is 3.00. The van der Waals surface area contributed by atoms with E-state index in [1.54, 1.807) is 0 Å². The van der Waals surface area contributed by atoms with E-state index in [1.165, 1.54) is 0 Å². The summed E-state index contributed by atoms with van der Waals surface area (Å²) in [6, 6.07) is 0. The Balaban J connectivity index is 2.04. The fourth-order valence-electron chi connectivity index (χ4n) is 1.28. The molecule has 2 saturated heterocycles. The minimum atomic E-state index is 0.704. The second kappa shape index (κ2) is 1.97. The van der Waals surface area contributed by atoms with Crippen LogP contribution in [0.1, 0.15) is 0 Å². The van der Waals surface area contributed by atoms with Gasteiger partial charge in [0.1, 0.15) is 0 Å². The van der Waals surface area contributed by atoms with Crippen molar-refractivity contribution in [3.63, 3.8) is 0 Å². The molecular formula is C2H2B6. The van der Waals surface area contributed by atoms with Crippen LogP contribution in [-0.4, -0.2) is 42.8 Å². The highest BCUT2D eigenvalue weighted by Crippen LogP contribution is 2.27. The van der Waals surface area contributed by atoms with Gasteiger partial charge in [0.05, 0.1) is 0 Å². The van der Waals surface area contributed by atoms with Crippen molar-refractivity contribution in [2.24, 2.45) is 0 Å². The van der Waals surface area contributed by atoms with Gasteiger partial charge in [0, 0.05) is 42.8 Å². The molecule has 0 unspecified atom stereocenters. The summed E-state index contributed by atoms with van der Waals surface area (Å²) in [5, 5.41) is 0. The normalized spacial score (nSPS) is 39.0. The molecule has 0 aromatic heterocycles. The van der Waals surface area contributed by atoms with Crippen LogP contribution in [0.25, 0.3) is 0 Å². The molecule has 28 valence electrons. The fourth-order valence-corrected chi connectivity index (χ4v) is 1.28. The van der Waals surface area contributed by atoms with Gasteiger partial charge in [0.2, 0.25) is 0 Å². The average molecular weight is 90.9 g/mol. The Bertz CT molecular complexity index is 72.5. The van der Waals surface area contributed by atoms with Crippen molar-refractivity contribution in [1.29, 1.82) is 0 Å². The van der Waals surface area contributed by atoms with E-state index in [0.717, 1.165) is 0 Å². The number of hydrogen-bond donors (Lipinski definition) is 0. The lowest BCUT2D eigenvalue weighted by Crippen LogP contribution is -2.12. The lowest BCUT2D eigenvalue weighted by molar-refractivity contribution is 1.25. The van der Waals surface area contributed by atoms with Gasteiger partial charge >= 0.3 is 0 Å². The van der Waals surface area contributed by atoms with Crippen molar-refractivity contribution in [3.8, 4) is 0 Å². The Morgan fingerprint density at radius 1 is 0.625 bits per heavy atom. The molecule has 0 N–H and O–H groups in total. The van der Waals surface area contributed by atoms with Crippen LogP contribution < -0.4 is 0 Å². The van der Waals surface area contributed by atoms with Crippen LogP contribution in [0.3, 0.4) is 0 Å². The van der Waals surface area contributed by atoms with E-state index in [1.807, 2.05) is 0 Å². The highest BCUT2D eigenvalue weighted by Gasteiger charge is 2.32. The second-order valence-corrected chi connectivity index (χ2v) is 2.31. The minimum absolute atomic E-state index is 0.704. The summed E-state index contributed by atoms with van der Waals surface area (Å²) < 4.78 is 0. The van der Waals surface area contributed by atoms with Gasteiger partial charge in [-0.3, -0.25) is 0 Å². The molecule has 0 spiro atoms. The molecule has 0 nitrogen and oxygen atoms in total. The fraction of sp³-hybridized carbons (Fsp3) is 1.00. The van der Waals surface area contributed by atoms with Crippen LogP contribution in [0, 0.1) is 0 Å². The van der Waals surface area contributed by atoms with E-state index < -0.39 is 0 Å². The van der Waals surface area contributed by atoms with Crippen molar-refractivity contribution in [2.75, 3.05) is 0 Å². The highest BCUT2D eigenvalue weighted by molar-refractivity contribution is 7.46. The van der Waals surface area contributed by atoms with Gasteiger partial charge in [0.25, 0.3) is 0 Å². The van der Waals surface area contributed by atoms with Gasteiger partial charge in [-0.15, -0.1) is 11.4 Å². The van der Waals surface area contributed by atoms with Crippen molar-refractivity contribution in [2.45, 2.75) is 11.4 Å². The Morgan fingerprint density at radius 2 is 1.00 bits per heavy atom. The lowest BCUT2D eigenvalue weighted by Gasteiger charge is -2.07. The maximum absolute atomic E-state index is 2.24. The van der Waals surface area contributed by atoms with Crippen molar-refractivity contribution in [1.82, 2.24) is 0 Å². The van der Waals surface area contributed by atoms with Crippen LogP contribution in [0.5, 0.6) is 0 Å². The molecular weight excluding hydrogens is 88.9 g/mol. The van der Waals surface area contributed by atoms with E-state index in [0.29, 0.717) is 11.4 Å². The summed E-state index contributed by atoms with van der Waals surface area (Å²) in [4.78, 5) is 0. The Morgan fingerprint density at radius 3 is 1.38 bits per heavy atom. The Labute approximate surface area is 54.9 Å². The number of fused-ring (bicyclic) bond motifs is 1. The Kier molecular flexibility index (Phi) is 1.28. The molecule has 0 saturated carbocycles. The summed E-state index contributed by atoms with van der Waals surface area (Å²) >= 11 is 0. The minimum Gasteiger partial charge on any atom is -0.123 e. The molecule has 6 heteroatoms. The van der Waals surface area contributed by atoms with Crippen molar-refractivity contribution >= 4 is 42.8 Å². The van der Waals surface area contributed by atoms with E-state index in [2.05, 4.69) is 42.8 Å². The third-order valence-corrected chi connectivity index (χ3v) is 1.78. The summed E-state index contributed by atoms with van der Waals surface area (Å²) in [5.74, 6) is 0. The predicted octanol–water partition coefficient (Wildman–Crippen LogP) is -1.61. The first-order valence-electron chi connectivity index (χ1n) is 3.00. The number of rotatable bonds is 0. The van der Waals surface area contributed by atoms with E-state index in [4.69, 9.17) is 0 Å². The number of hydrogen-bond acceptors (Lipinski definition) is 0. The summed E-state index contributed by atoms with van der Waals surface area (Å²) in [7, 11) is 13.3. The average Bonchev–Trinajstić information content (AvgIpc) is 2.15. The van der Waals surface area contributed by atoms with Crippen LogP contribution in [0.15, 0.2) is 0 Å². The van der Waals surface area contributed by atoms with Gasteiger partial charge in [-0.05, 0) is 0 Å². The molecule has 6 radical (unpaired) electrons. The third-order valence-electron chi connectivity index (χ3n) is 1.78. The van der Waals surface area contributed by atoms with E-state index in [-0.39, 0.29) is 0 Å². The van der Waals surface area contributed by atoms with Gasteiger partial charge in [-0.1, -0.05) is 0 Å². The third kappa shape index (κ3) is 0.691. The molecule has 8 heavy (non-hydrogen) atoms. The molecule has 2 rings (SSSR count). The molecule has 2 heterocycles. The SMILES string of the molecule is [B]1[B]C2[B][B][B]C2[B]1. The highest BCUT2D eigenvalue weighted by atomic mass is 13.9. The van der Waals surface area contributed by atoms with Gasteiger partial charge in [0.15, 0.2) is 0 Å². The second-order valence-electron chi connectivity index (χ2n) is 2.31. The molecule has 0 bridgehead atoms. The Hall–Kier alpha value is 0.390. The van der Waals surface area contributed by atoms with E-state index >= 15 is 0 Å². The predicted molar refractivity (Wildman–Crippen MR) is 42.0 cm³/mol. The summed E-state index contributed by atoms with van der Waals surface area (Å²) in [6.45, 7) is 0. The quantitative estimate of drug-likeness (QED) is 0.314. The van der Waals surface area contributed by atoms with Crippen molar-refractivity contribution in [3.05, 3.63) is 0 Å². The monoisotopic (exact) mass is 92.1 g/mol. The zero-order valence-corrected chi connectivity index (χ0v) is 4.62. The van der Waals surface area contributed by atoms with Gasteiger partial charge < -0.3 is 0 Å². The maximum atomic E-state index is 2.24. The van der Waals surface area contributed by atoms with Gasteiger partial charge in [-0.25, -0.2) is 0 Å². The molecule has 0 amide bonds. The zero-order valence-electron chi connectivity index (χ0n) is 4.62. The molecule has 0 atom stereocenters. The standard InChI is InChI=1S/C2H2B6/c3-1-2(5-7-3)6-8-4-1/h1-2H. The summed E-state index contributed by atoms with van der Waals surface area (Å²) in [6.07, 6.45) is 0. The van der Waals surface area contributed by atoms with Crippen LogP contribution in [0.2, 0.25) is 11.4 Å². The zero-order chi connectivity index (χ0) is 5.40. The van der Waals surface area contributed by atoms with Crippen LogP contribution in [-0.2, 0) is 0 Å². The van der Waals surface area contributed by atoms with Crippen LogP contribution >= 0.6 is 0 Å². The maximum Gasteiger partial charge on any atom is 0.0466 e. The molecule has 2 fully saturated rings. The molecule has 0 aromatic carbocycles. The molecule has 0 aliphatic carbocycles. The largest absolute Gasteiger partial charge is 0.123 e. The van der Waals surface area contributed by atoms with Crippen LogP contribution in [0.4, 0.5) is 0 Å². The van der Waals surface area contributed by atoms with E-state index in [9.17, 15) is 0 Å². The molecule has 2 aliphatic heterocycles. The first kappa shape index (κ1) is 5.20. The first-order chi connectivity index (χ1) is 3.97. The molecule has 2 aliphatic rings. The molecule has 0 aromatic rings. The van der Waals surface area contributed by atoms with Crippen molar-refractivity contribution < 1.29 is 0 Å². The smallest absolute Gasteiger partial charge is 0.0466 e. The topological polar surface area (TPSA) is 0 Å². The van der Waals surface area contributed by atoms with Gasteiger partial charge in [-0.2, -0.15) is 0 Å². The summed E-state index contributed by atoms with van der Waals surface area (Å²) in [5.41, 5.74) is 1.41.